The van der Waals surface area contributed by atoms with Gasteiger partial charge in [0.05, 0.1) is 12.6 Å². The summed E-state index contributed by atoms with van der Waals surface area (Å²) in [6.07, 6.45) is 2.61. The van der Waals surface area contributed by atoms with Crippen molar-refractivity contribution in [2.75, 3.05) is 19.7 Å². The average Bonchev–Trinajstić information content (AvgIpc) is 3.19. The van der Waals surface area contributed by atoms with Crippen LogP contribution in [0.4, 0.5) is 0 Å². The van der Waals surface area contributed by atoms with Crippen molar-refractivity contribution in [3.8, 4) is 0 Å². The summed E-state index contributed by atoms with van der Waals surface area (Å²) in [6, 6.07) is 6.53. The zero-order chi connectivity index (χ0) is 16.9. The Morgan fingerprint density at radius 3 is 2.88 bits per heavy atom. The summed E-state index contributed by atoms with van der Waals surface area (Å²) in [6.45, 7) is 9.59. The summed E-state index contributed by atoms with van der Waals surface area (Å²) < 4.78 is 5.66. The largest absolute Gasteiger partial charge is 0.376 e. The number of aryl methyl sites for hydroxylation is 2. The minimum absolute atomic E-state index is 0. The van der Waals surface area contributed by atoms with Gasteiger partial charge < -0.3 is 20.4 Å². The van der Waals surface area contributed by atoms with Gasteiger partial charge in [0.25, 0.3) is 0 Å². The number of fused-ring (bicyclic) bond motifs is 1. The third-order valence-corrected chi connectivity index (χ3v) is 4.66. The third kappa shape index (κ3) is 5.10. The van der Waals surface area contributed by atoms with Gasteiger partial charge in [0.15, 0.2) is 5.96 Å². The standard InChI is InChI=1S/C19H28N4O.HI/c1-4-20-19(22-12-16-6-5-9-24-16)21-11-15-7-8-18-17(10-15)13(2)14(3)23-18;/h7-8,10,16,23H,4-6,9,11-12H2,1-3H3,(H2,20,21,22);1H. The van der Waals surface area contributed by atoms with Gasteiger partial charge in [-0.15, -0.1) is 24.0 Å². The van der Waals surface area contributed by atoms with Crippen molar-refractivity contribution in [3.05, 3.63) is 35.0 Å². The molecule has 138 valence electrons. The highest BCUT2D eigenvalue weighted by Crippen LogP contribution is 2.22. The number of aliphatic imine (C=N–C) groups is 1. The fourth-order valence-corrected chi connectivity index (χ4v) is 3.13. The number of hydrogen-bond donors (Lipinski definition) is 3. The number of H-pyrrole nitrogens is 1. The van der Waals surface area contributed by atoms with E-state index < -0.39 is 0 Å². The molecular formula is C19H29IN4O. The second kappa shape index (κ2) is 9.43. The first-order valence-electron chi connectivity index (χ1n) is 8.89. The molecule has 1 fully saturated rings. The van der Waals surface area contributed by atoms with Gasteiger partial charge in [-0.25, -0.2) is 4.99 Å². The van der Waals surface area contributed by atoms with Crippen LogP contribution in [0.5, 0.6) is 0 Å². The van der Waals surface area contributed by atoms with Gasteiger partial charge in [-0.3, -0.25) is 0 Å². The SMILES string of the molecule is CCNC(=NCc1ccc2[nH]c(C)c(C)c2c1)NCC1CCCO1.I. The van der Waals surface area contributed by atoms with Gasteiger partial charge in [-0.1, -0.05) is 6.07 Å². The number of aromatic nitrogens is 1. The lowest BCUT2D eigenvalue weighted by Crippen LogP contribution is -2.41. The van der Waals surface area contributed by atoms with E-state index in [-0.39, 0.29) is 24.0 Å². The minimum atomic E-state index is 0. The Hall–Kier alpha value is -1.28. The number of rotatable bonds is 5. The Labute approximate surface area is 167 Å². The molecule has 1 atom stereocenters. The summed E-state index contributed by atoms with van der Waals surface area (Å²) in [5, 5.41) is 7.99. The topological polar surface area (TPSA) is 61.4 Å². The first-order chi connectivity index (χ1) is 11.7. The average molecular weight is 456 g/mol. The van der Waals surface area contributed by atoms with Crippen LogP contribution in [0.2, 0.25) is 0 Å². The summed E-state index contributed by atoms with van der Waals surface area (Å²) in [4.78, 5) is 8.13. The molecule has 0 spiro atoms. The smallest absolute Gasteiger partial charge is 0.191 e. The molecule has 1 saturated heterocycles. The van der Waals surface area contributed by atoms with Crippen LogP contribution in [0.25, 0.3) is 10.9 Å². The molecule has 1 aliphatic rings. The van der Waals surface area contributed by atoms with Gasteiger partial charge in [0, 0.05) is 36.3 Å². The highest BCUT2D eigenvalue weighted by molar-refractivity contribution is 14.0. The van der Waals surface area contributed by atoms with Gasteiger partial charge >= 0.3 is 0 Å². The van der Waals surface area contributed by atoms with Crippen LogP contribution in [0, 0.1) is 13.8 Å². The molecule has 0 bridgehead atoms. The minimum Gasteiger partial charge on any atom is -0.376 e. The van der Waals surface area contributed by atoms with Crippen LogP contribution in [-0.4, -0.2) is 36.7 Å². The van der Waals surface area contributed by atoms with E-state index in [2.05, 4.69) is 54.6 Å². The molecule has 3 rings (SSSR count). The first-order valence-corrected chi connectivity index (χ1v) is 8.89. The number of nitrogens with one attached hydrogen (secondary N) is 3. The monoisotopic (exact) mass is 456 g/mol. The second-order valence-corrected chi connectivity index (χ2v) is 6.47. The van der Waals surface area contributed by atoms with Crippen LogP contribution >= 0.6 is 24.0 Å². The molecule has 0 amide bonds. The maximum atomic E-state index is 5.66. The molecule has 1 unspecified atom stereocenters. The molecule has 0 saturated carbocycles. The van der Waals surface area contributed by atoms with Crippen molar-refractivity contribution in [2.24, 2.45) is 4.99 Å². The van der Waals surface area contributed by atoms with E-state index in [9.17, 15) is 0 Å². The van der Waals surface area contributed by atoms with E-state index in [1.54, 1.807) is 0 Å². The van der Waals surface area contributed by atoms with Gasteiger partial charge in [-0.05, 0) is 56.9 Å². The maximum Gasteiger partial charge on any atom is 0.191 e. The summed E-state index contributed by atoms with van der Waals surface area (Å²) in [5.74, 6) is 0.857. The van der Waals surface area contributed by atoms with Gasteiger partial charge in [0.2, 0.25) is 0 Å². The Kier molecular flexibility index (Phi) is 7.56. The number of benzene rings is 1. The van der Waals surface area contributed by atoms with Crippen LogP contribution in [0.1, 0.15) is 36.6 Å². The van der Waals surface area contributed by atoms with Crippen molar-refractivity contribution in [2.45, 2.75) is 46.3 Å². The highest BCUT2D eigenvalue weighted by atomic mass is 127. The van der Waals surface area contributed by atoms with E-state index in [4.69, 9.17) is 9.73 Å². The quantitative estimate of drug-likeness (QED) is 0.366. The molecule has 5 nitrogen and oxygen atoms in total. The predicted molar refractivity (Wildman–Crippen MR) is 115 cm³/mol. The van der Waals surface area contributed by atoms with Crippen molar-refractivity contribution < 1.29 is 4.74 Å². The highest BCUT2D eigenvalue weighted by Gasteiger charge is 2.15. The molecule has 25 heavy (non-hydrogen) atoms. The summed E-state index contributed by atoms with van der Waals surface area (Å²) in [5.41, 5.74) is 4.97. The van der Waals surface area contributed by atoms with E-state index in [0.717, 1.165) is 38.5 Å². The molecule has 0 radical (unpaired) electrons. The molecular weight excluding hydrogens is 427 g/mol. The third-order valence-electron chi connectivity index (χ3n) is 4.66. The van der Waals surface area contributed by atoms with Crippen molar-refractivity contribution >= 4 is 40.8 Å². The maximum absolute atomic E-state index is 5.66. The molecule has 1 aromatic carbocycles. The molecule has 3 N–H and O–H groups in total. The number of guanidine groups is 1. The fraction of sp³-hybridized carbons (Fsp3) is 0.526. The van der Waals surface area contributed by atoms with Crippen LogP contribution in [0.15, 0.2) is 23.2 Å². The lowest BCUT2D eigenvalue weighted by atomic mass is 10.1. The molecule has 1 aliphatic heterocycles. The number of aromatic amines is 1. The lowest BCUT2D eigenvalue weighted by Gasteiger charge is -2.14. The van der Waals surface area contributed by atoms with Crippen molar-refractivity contribution in [3.63, 3.8) is 0 Å². The normalized spacial score (nSPS) is 17.6. The van der Waals surface area contributed by atoms with Crippen molar-refractivity contribution in [1.82, 2.24) is 15.6 Å². The molecule has 2 aromatic rings. The summed E-state index contributed by atoms with van der Waals surface area (Å²) in [7, 11) is 0. The van der Waals surface area contributed by atoms with Crippen molar-refractivity contribution in [1.29, 1.82) is 0 Å². The van der Waals surface area contributed by atoms with E-state index in [1.807, 2.05) is 0 Å². The molecule has 2 heterocycles. The molecule has 0 aliphatic carbocycles. The number of hydrogen-bond acceptors (Lipinski definition) is 2. The second-order valence-electron chi connectivity index (χ2n) is 6.47. The van der Waals surface area contributed by atoms with E-state index in [0.29, 0.717) is 12.6 Å². The fourth-order valence-electron chi connectivity index (χ4n) is 3.13. The Bertz CT molecular complexity index is 720. The number of ether oxygens (including phenoxy) is 1. The Balaban J connectivity index is 0.00000225. The lowest BCUT2D eigenvalue weighted by molar-refractivity contribution is 0.114. The summed E-state index contributed by atoms with van der Waals surface area (Å²) >= 11 is 0. The van der Waals surface area contributed by atoms with Crippen LogP contribution in [0.3, 0.4) is 0 Å². The Morgan fingerprint density at radius 2 is 2.16 bits per heavy atom. The van der Waals surface area contributed by atoms with Gasteiger partial charge in [0.1, 0.15) is 0 Å². The number of halogens is 1. The predicted octanol–water partition coefficient (Wildman–Crippen LogP) is 3.64. The van der Waals surface area contributed by atoms with Gasteiger partial charge in [-0.2, -0.15) is 0 Å². The molecule has 1 aromatic heterocycles. The number of nitrogens with zero attached hydrogens (tertiary/aromatic N) is 1. The Morgan fingerprint density at radius 1 is 1.32 bits per heavy atom. The van der Waals surface area contributed by atoms with E-state index in [1.165, 1.54) is 27.7 Å². The zero-order valence-electron chi connectivity index (χ0n) is 15.3. The zero-order valence-corrected chi connectivity index (χ0v) is 17.6. The van der Waals surface area contributed by atoms with E-state index >= 15 is 0 Å². The van der Waals surface area contributed by atoms with Crippen LogP contribution in [-0.2, 0) is 11.3 Å². The molecule has 6 heteroatoms. The first kappa shape index (κ1) is 20.0. The van der Waals surface area contributed by atoms with Crippen LogP contribution < -0.4 is 10.6 Å².